The zero-order chi connectivity index (χ0) is 29.9. The van der Waals surface area contributed by atoms with Gasteiger partial charge in [0.15, 0.2) is 11.3 Å². The molecule has 8 heteroatoms. The summed E-state index contributed by atoms with van der Waals surface area (Å²) in [6.45, 7) is 18.7. The number of carbonyl (C=O) groups is 2. The molecule has 41 heavy (non-hydrogen) atoms. The number of fused-ring (bicyclic) bond motifs is 1. The molecule has 0 spiro atoms. The Kier molecular flexibility index (Phi) is 7.19. The first-order chi connectivity index (χ1) is 19.1. The zero-order valence-electron chi connectivity index (χ0n) is 25.8. The summed E-state index contributed by atoms with van der Waals surface area (Å²) in [4.78, 5) is 38.8. The fraction of sp³-hybridized carbons (Fsp3) is 0.576. The summed E-state index contributed by atoms with van der Waals surface area (Å²) in [5.74, 6) is 0.340. The minimum absolute atomic E-state index is 0.140. The van der Waals surface area contributed by atoms with Crippen LogP contribution in [0.15, 0.2) is 28.8 Å². The summed E-state index contributed by atoms with van der Waals surface area (Å²) >= 11 is 0. The zero-order valence-corrected chi connectivity index (χ0v) is 25.8. The van der Waals surface area contributed by atoms with E-state index in [0.29, 0.717) is 53.7 Å². The molecule has 0 unspecified atom stereocenters. The highest BCUT2D eigenvalue weighted by molar-refractivity contribution is 5.96. The van der Waals surface area contributed by atoms with E-state index < -0.39 is 11.5 Å². The van der Waals surface area contributed by atoms with E-state index in [0.717, 1.165) is 29.6 Å². The van der Waals surface area contributed by atoms with Gasteiger partial charge in [0.25, 0.3) is 5.91 Å². The Morgan fingerprint density at radius 3 is 2.32 bits per heavy atom. The number of furan rings is 1. The number of pyridine rings is 2. The van der Waals surface area contributed by atoms with E-state index in [4.69, 9.17) is 9.40 Å². The van der Waals surface area contributed by atoms with Crippen LogP contribution >= 0.6 is 0 Å². The topological polar surface area (TPSA) is 99.8 Å². The van der Waals surface area contributed by atoms with Gasteiger partial charge in [-0.2, -0.15) is 0 Å². The number of amides is 1. The molecule has 5 rings (SSSR count). The van der Waals surface area contributed by atoms with E-state index in [2.05, 4.69) is 50.6 Å². The summed E-state index contributed by atoms with van der Waals surface area (Å²) in [7, 11) is 0. The minimum atomic E-state index is -0.984. The van der Waals surface area contributed by atoms with Crippen molar-refractivity contribution in [3.05, 3.63) is 52.5 Å². The SMILES string of the molecule is Cc1cc(N2CCN(C(=O)c3cc4nc(C5CCC(C)(C)CC5)cc(C(C)(C)C)c4o3)C(C)(C)C2)ncc1C(=O)O. The number of anilines is 1. The van der Waals surface area contributed by atoms with Gasteiger partial charge in [0.1, 0.15) is 11.3 Å². The van der Waals surface area contributed by atoms with Crippen LogP contribution in [0.25, 0.3) is 11.1 Å². The summed E-state index contributed by atoms with van der Waals surface area (Å²) in [5.41, 5.74) is 4.26. The van der Waals surface area contributed by atoms with Gasteiger partial charge in [-0.25, -0.2) is 14.8 Å². The number of carboxylic acid groups (broad SMARTS) is 1. The van der Waals surface area contributed by atoms with Crippen LogP contribution in [-0.2, 0) is 5.41 Å². The largest absolute Gasteiger partial charge is 0.478 e. The first kappa shape index (κ1) is 29.1. The number of carboxylic acids is 1. The number of aryl methyl sites for hydroxylation is 1. The lowest BCUT2D eigenvalue weighted by molar-refractivity contribution is 0.0483. The van der Waals surface area contributed by atoms with E-state index in [9.17, 15) is 14.7 Å². The summed E-state index contributed by atoms with van der Waals surface area (Å²) in [5, 5.41) is 9.36. The molecule has 3 aromatic rings. The summed E-state index contributed by atoms with van der Waals surface area (Å²) in [6, 6.07) is 5.86. The highest BCUT2D eigenvalue weighted by Crippen LogP contribution is 2.43. The first-order valence-electron chi connectivity index (χ1n) is 14.8. The monoisotopic (exact) mass is 560 g/mol. The highest BCUT2D eigenvalue weighted by Gasteiger charge is 2.39. The normalized spacial score (nSPS) is 19.5. The van der Waals surface area contributed by atoms with Gasteiger partial charge in [0, 0.05) is 49.1 Å². The minimum Gasteiger partial charge on any atom is -0.478 e. The predicted octanol–water partition coefficient (Wildman–Crippen LogP) is 6.95. The third-order valence-electron chi connectivity index (χ3n) is 9.07. The number of nitrogens with zero attached hydrogens (tertiary/aromatic N) is 4. The van der Waals surface area contributed by atoms with Gasteiger partial charge in [0.2, 0.25) is 0 Å². The molecular weight excluding hydrogens is 516 g/mol. The van der Waals surface area contributed by atoms with Crippen LogP contribution in [0.3, 0.4) is 0 Å². The van der Waals surface area contributed by atoms with E-state index >= 15 is 0 Å². The lowest BCUT2D eigenvalue weighted by atomic mass is 9.72. The third kappa shape index (κ3) is 5.70. The number of hydrogen-bond donors (Lipinski definition) is 1. The fourth-order valence-electron chi connectivity index (χ4n) is 6.41. The smallest absolute Gasteiger partial charge is 0.337 e. The summed E-state index contributed by atoms with van der Waals surface area (Å²) < 4.78 is 6.34. The number of rotatable bonds is 4. The molecule has 1 aliphatic heterocycles. The molecule has 1 saturated carbocycles. The van der Waals surface area contributed by atoms with Crippen molar-refractivity contribution >= 4 is 28.8 Å². The second kappa shape index (κ2) is 10.1. The Bertz CT molecular complexity index is 1490. The number of hydrogen-bond acceptors (Lipinski definition) is 6. The van der Waals surface area contributed by atoms with Crippen molar-refractivity contribution in [2.24, 2.45) is 5.41 Å². The average Bonchev–Trinajstić information content (AvgIpc) is 3.30. The van der Waals surface area contributed by atoms with Crippen LogP contribution in [-0.4, -0.2) is 57.0 Å². The van der Waals surface area contributed by atoms with Crippen LogP contribution in [0.2, 0.25) is 0 Å². The van der Waals surface area contributed by atoms with Crippen molar-refractivity contribution in [3.63, 3.8) is 0 Å². The Hall–Kier alpha value is -3.42. The van der Waals surface area contributed by atoms with Gasteiger partial charge in [-0.15, -0.1) is 0 Å². The second-order valence-electron chi connectivity index (χ2n) is 14.5. The Morgan fingerprint density at radius 1 is 1.05 bits per heavy atom. The van der Waals surface area contributed by atoms with Crippen LogP contribution in [0, 0.1) is 12.3 Å². The van der Waals surface area contributed by atoms with Gasteiger partial charge >= 0.3 is 5.97 Å². The van der Waals surface area contributed by atoms with E-state index in [-0.39, 0.29) is 16.9 Å². The molecule has 2 fully saturated rings. The Morgan fingerprint density at radius 2 is 1.73 bits per heavy atom. The fourth-order valence-corrected chi connectivity index (χ4v) is 6.41. The molecule has 1 amide bonds. The molecule has 1 N–H and O–H groups in total. The molecule has 0 bridgehead atoms. The average molecular weight is 561 g/mol. The number of carbonyl (C=O) groups excluding carboxylic acids is 1. The van der Waals surface area contributed by atoms with Crippen molar-refractivity contribution in [2.45, 2.75) is 97.9 Å². The molecular formula is C33H44N4O4. The molecule has 0 aromatic carbocycles. The van der Waals surface area contributed by atoms with Crippen molar-refractivity contribution in [1.29, 1.82) is 0 Å². The standard InChI is InChI=1S/C33H44N4O4/c1-20-15-27(34-18-22(20)30(39)40)36-13-14-37(33(7,8)19-36)29(38)26-17-25-28(41-26)23(31(2,3)4)16-24(35-25)21-9-11-32(5,6)12-10-21/h15-18,21H,9-14,19H2,1-8H3,(H,39,40). The van der Waals surface area contributed by atoms with Gasteiger partial charge in [-0.1, -0.05) is 34.6 Å². The van der Waals surface area contributed by atoms with E-state index in [1.807, 2.05) is 24.8 Å². The van der Waals surface area contributed by atoms with Crippen molar-refractivity contribution in [3.8, 4) is 0 Å². The van der Waals surface area contributed by atoms with E-state index in [1.54, 1.807) is 13.0 Å². The second-order valence-corrected chi connectivity index (χ2v) is 14.5. The molecule has 0 atom stereocenters. The number of piperazine rings is 1. The Balaban J connectivity index is 1.41. The molecule has 1 saturated heterocycles. The first-order valence-corrected chi connectivity index (χ1v) is 14.8. The van der Waals surface area contributed by atoms with Gasteiger partial charge in [-0.05, 0) is 75.0 Å². The van der Waals surface area contributed by atoms with Crippen LogP contribution in [0.1, 0.15) is 118 Å². The highest BCUT2D eigenvalue weighted by atomic mass is 16.4. The van der Waals surface area contributed by atoms with Gasteiger partial charge in [0.05, 0.1) is 11.1 Å². The van der Waals surface area contributed by atoms with Crippen molar-refractivity contribution in [1.82, 2.24) is 14.9 Å². The maximum Gasteiger partial charge on any atom is 0.337 e. The maximum atomic E-state index is 13.9. The third-order valence-corrected chi connectivity index (χ3v) is 9.07. The molecule has 8 nitrogen and oxygen atoms in total. The number of aromatic carboxylic acids is 1. The molecule has 2 aliphatic rings. The van der Waals surface area contributed by atoms with Crippen LogP contribution in [0.5, 0.6) is 0 Å². The molecule has 0 radical (unpaired) electrons. The van der Waals surface area contributed by atoms with Crippen LogP contribution in [0.4, 0.5) is 5.82 Å². The maximum absolute atomic E-state index is 13.9. The molecule has 220 valence electrons. The lowest BCUT2D eigenvalue weighted by Crippen LogP contribution is -2.61. The molecule has 4 heterocycles. The Labute approximate surface area is 243 Å². The van der Waals surface area contributed by atoms with E-state index in [1.165, 1.54) is 19.0 Å². The summed E-state index contributed by atoms with van der Waals surface area (Å²) in [6.07, 6.45) is 6.05. The van der Waals surface area contributed by atoms with Crippen molar-refractivity contribution in [2.75, 3.05) is 24.5 Å². The predicted molar refractivity (Wildman–Crippen MR) is 161 cm³/mol. The van der Waals surface area contributed by atoms with Gasteiger partial charge in [-0.3, -0.25) is 4.79 Å². The lowest BCUT2D eigenvalue weighted by Gasteiger charge is -2.47. The van der Waals surface area contributed by atoms with Crippen LogP contribution < -0.4 is 4.90 Å². The number of aromatic nitrogens is 2. The molecule has 1 aliphatic carbocycles. The quantitative estimate of drug-likeness (QED) is 0.368. The van der Waals surface area contributed by atoms with Gasteiger partial charge < -0.3 is 19.3 Å². The molecule has 3 aromatic heterocycles. The van der Waals surface area contributed by atoms with Crippen molar-refractivity contribution < 1.29 is 19.1 Å².